The van der Waals surface area contributed by atoms with Gasteiger partial charge in [0.2, 0.25) is 0 Å². The Balaban J connectivity index is 1.95. The maximum atomic E-state index is 11.8. The van der Waals surface area contributed by atoms with Crippen LogP contribution in [0.15, 0.2) is 42.5 Å². The third-order valence-electron chi connectivity index (χ3n) is 2.82. The van der Waals surface area contributed by atoms with Crippen molar-refractivity contribution in [3.63, 3.8) is 0 Å². The summed E-state index contributed by atoms with van der Waals surface area (Å²) in [7, 11) is 1.47. The molecular weight excluding hydrogens is 292 g/mol. The molecule has 0 bridgehead atoms. The van der Waals surface area contributed by atoms with Crippen molar-refractivity contribution >= 4 is 23.3 Å². The monoisotopic (exact) mass is 306 g/mol. The summed E-state index contributed by atoms with van der Waals surface area (Å²) in [5, 5.41) is 15.8. The van der Waals surface area contributed by atoms with Gasteiger partial charge in [0, 0.05) is 22.8 Å². The molecule has 2 aromatic rings. The van der Waals surface area contributed by atoms with Crippen LogP contribution in [-0.4, -0.2) is 18.2 Å². The van der Waals surface area contributed by atoms with Gasteiger partial charge in [0.15, 0.2) is 11.5 Å². The number of carbonyl (C=O) groups is 1. The van der Waals surface area contributed by atoms with Crippen molar-refractivity contribution in [2.24, 2.45) is 0 Å². The van der Waals surface area contributed by atoms with Crippen LogP contribution in [0.5, 0.6) is 11.5 Å². The Hall–Kier alpha value is -2.40. The van der Waals surface area contributed by atoms with Crippen molar-refractivity contribution in [1.29, 1.82) is 0 Å². The Morgan fingerprint density at radius 2 is 2.05 bits per heavy atom. The van der Waals surface area contributed by atoms with Gasteiger partial charge in [-0.2, -0.15) is 0 Å². The van der Waals surface area contributed by atoms with E-state index in [0.29, 0.717) is 22.0 Å². The molecule has 3 N–H and O–H groups in total. The van der Waals surface area contributed by atoms with Gasteiger partial charge in [-0.3, -0.25) is 0 Å². The van der Waals surface area contributed by atoms with Crippen LogP contribution in [0.4, 0.5) is 10.5 Å². The van der Waals surface area contributed by atoms with Crippen LogP contribution in [0.25, 0.3) is 0 Å². The van der Waals surface area contributed by atoms with E-state index in [1.165, 1.54) is 7.11 Å². The number of methoxy groups -OCH3 is 1. The van der Waals surface area contributed by atoms with Gasteiger partial charge in [0.05, 0.1) is 7.11 Å². The van der Waals surface area contributed by atoms with Crippen molar-refractivity contribution in [3.05, 3.63) is 53.1 Å². The molecule has 0 spiro atoms. The zero-order chi connectivity index (χ0) is 15.2. The number of phenolic OH excluding ortho intramolecular Hbond substituents is 1. The molecule has 21 heavy (non-hydrogen) atoms. The molecule has 0 fully saturated rings. The lowest BCUT2D eigenvalue weighted by atomic mass is 10.2. The number of aromatic hydroxyl groups is 1. The molecule has 0 unspecified atom stereocenters. The van der Waals surface area contributed by atoms with E-state index in [2.05, 4.69) is 10.6 Å². The normalized spacial score (nSPS) is 10.0. The first-order valence-electron chi connectivity index (χ1n) is 6.25. The second-order valence-electron chi connectivity index (χ2n) is 4.29. The number of amides is 2. The number of benzene rings is 2. The summed E-state index contributed by atoms with van der Waals surface area (Å²) in [4.78, 5) is 11.8. The molecule has 5 nitrogen and oxygen atoms in total. The van der Waals surface area contributed by atoms with Gasteiger partial charge in [-0.1, -0.05) is 29.8 Å². The summed E-state index contributed by atoms with van der Waals surface area (Å²) in [6.45, 7) is 0.176. The number of nitrogens with one attached hydrogen (secondary N) is 2. The Morgan fingerprint density at radius 3 is 2.76 bits per heavy atom. The van der Waals surface area contributed by atoms with E-state index < -0.39 is 0 Å². The Kier molecular flexibility index (Phi) is 4.90. The summed E-state index contributed by atoms with van der Waals surface area (Å²) >= 11 is 5.84. The largest absolute Gasteiger partial charge is 0.504 e. The summed E-state index contributed by atoms with van der Waals surface area (Å²) in [5.41, 5.74) is 1.16. The Labute approximate surface area is 127 Å². The van der Waals surface area contributed by atoms with E-state index in [9.17, 15) is 9.90 Å². The minimum Gasteiger partial charge on any atom is -0.504 e. The number of ether oxygens (including phenoxy) is 1. The van der Waals surface area contributed by atoms with Gasteiger partial charge in [-0.05, 0) is 24.3 Å². The van der Waals surface area contributed by atoms with Crippen LogP contribution in [0, 0.1) is 0 Å². The maximum Gasteiger partial charge on any atom is 0.319 e. The first-order chi connectivity index (χ1) is 10.1. The molecule has 110 valence electrons. The third kappa shape index (κ3) is 4.03. The molecule has 2 aromatic carbocycles. The highest BCUT2D eigenvalue weighted by Crippen LogP contribution is 2.29. The van der Waals surface area contributed by atoms with Gasteiger partial charge in [0.25, 0.3) is 0 Å². The smallest absolute Gasteiger partial charge is 0.319 e. The molecule has 2 amide bonds. The maximum absolute atomic E-state index is 11.8. The van der Waals surface area contributed by atoms with Gasteiger partial charge in [-0.25, -0.2) is 4.79 Å². The van der Waals surface area contributed by atoms with Crippen LogP contribution >= 0.6 is 11.6 Å². The Bertz CT molecular complexity index is 647. The number of halogens is 1. The number of phenols is 1. The highest BCUT2D eigenvalue weighted by molar-refractivity contribution is 6.30. The third-order valence-corrected chi connectivity index (χ3v) is 3.06. The van der Waals surface area contributed by atoms with E-state index in [-0.39, 0.29) is 18.3 Å². The first-order valence-corrected chi connectivity index (χ1v) is 6.63. The van der Waals surface area contributed by atoms with Crippen molar-refractivity contribution in [2.45, 2.75) is 6.54 Å². The molecule has 0 saturated heterocycles. The van der Waals surface area contributed by atoms with E-state index in [0.717, 1.165) is 0 Å². The van der Waals surface area contributed by atoms with Crippen molar-refractivity contribution in [3.8, 4) is 11.5 Å². The molecule has 6 heteroatoms. The molecule has 2 rings (SSSR count). The van der Waals surface area contributed by atoms with E-state index in [4.69, 9.17) is 16.3 Å². The summed E-state index contributed by atoms with van der Waals surface area (Å²) < 4.78 is 5.01. The predicted octanol–water partition coefficient (Wildman–Crippen LogP) is 3.38. The van der Waals surface area contributed by atoms with E-state index in [1.54, 1.807) is 42.5 Å². The molecule has 0 aliphatic heterocycles. The molecule has 0 heterocycles. The van der Waals surface area contributed by atoms with E-state index >= 15 is 0 Å². The van der Waals surface area contributed by atoms with Gasteiger partial charge in [0.1, 0.15) is 0 Å². The fourth-order valence-electron chi connectivity index (χ4n) is 1.79. The molecular formula is C15H15ClN2O3. The number of rotatable bonds is 4. The number of hydrogen-bond acceptors (Lipinski definition) is 3. The zero-order valence-electron chi connectivity index (χ0n) is 11.4. The van der Waals surface area contributed by atoms with Crippen LogP contribution in [0.3, 0.4) is 0 Å². The minimum absolute atomic E-state index is 0.0167. The number of hydrogen-bond donors (Lipinski definition) is 3. The van der Waals surface area contributed by atoms with Gasteiger partial charge >= 0.3 is 6.03 Å². The Morgan fingerprint density at radius 1 is 1.29 bits per heavy atom. The highest BCUT2D eigenvalue weighted by atomic mass is 35.5. The summed E-state index contributed by atoms with van der Waals surface area (Å²) in [6.07, 6.45) is 0. The molecule has 0 radical (unpaired) electrons. The van der Waals surface area contributed by atoms with E-state index in [1.807, 2.05) is 0 Å². The van der Waals surface area contributed by atoms with Crippen LogP contribution in [0.2, 0.25) is 5.02 Å². The fourth-order valence-corrected chi connectivity index (χ4v) is 1.98. The van der Waals surface area contributed by atoms with Gasteiger partial charge < -0.3 is 20.5 Å². The summed E-state index contributed by atoms with van der Waals surface area (Å²) in [6, 6.07) is 11.5. The standard InChI is InChI=1S/C15H15ClN2O3/c1-21-13-7-2-4-10(14(13)19)9-17-15(20)18-12-6-3-5-11(16)8-12/h2-8,19H,9H2,1H3,(H2,17,18,20). The van der Waals surface area contributed by atoms with Crippen LogP contribution in [-0.2, 0) is 6.54 Å². The van der Waals surface area contributed by atoms with Gasteiger partial charge in [-0.15, -0.1) is 0 Å². The topological polar surface area (TPSA) is 70.6 Å². The first kappa shape index (κ1) is 15.0. The second-order valence-corrected chi connectivity index (χ2v) is 4.72. The van der Waals surface area contributed by atoms with Crippen LogP contribution < -0.4 is 15.4 Å². The highest BCUT2D eigenvalue weighted by Gasteiger charge is 2.08. The quantitative estimate of drug-likeness (QED) is 0.811. The van der Waals surface area contributed by atoms with Crippen molar-refractivity contribution in [1.82, 2.24) is 5.32 Å². The van der Waals surface area contributed by atoms with Crippen LogP contribution in [0.1, 0.15) is 5.56 Å². The number of carbonyl (C=O) groups excluding carboxylic acids is 1. The average Bonchev–Trinajstić information content (AvgIpc) is 2.46. The summed E-state index contributed by atoms with van der Waals surface area (Å²) in [5.74, 6) is 0.382. The second kappa shape index (κ2) is 6.85. The zero-order valence-corrected chi connectivity index (χ0v) is 12.1. The molecule has 0 atom stereocenters. The fraction of sp³-hybridized carbons (Fsp3) is 0.133. The lowest BCUT2D eigenvalue weighted by molar-refractivity contribution is 0.251. The SMILES string of the molecule is COc1cccc(CNC(=O)Nc2cccc(Cl)c2)c1O. The lowest BCUT2D eigenvalue weighted by Gasteiger charge is -2.11. The van der Waals surface area contributed by atoms with Crippen molar-refractivity contribution < 1.29 is 14.6 Å². The number of para-hydroxylation sites is 1. The molecule has 0 aliphatic rings. The molecule has 0 saturated carbocycles. The molecule has 0 aliphatic carbocycles. The number of urea groups is 1. The predicted molar refractivity (Wildman–Crippen MR) is 82.0 cm³/mol. The molecule has 0 aromatic heterocycles. The number of anilines is 1. The average molecular weight is 307 g/mol. The van der Waals surface area contributed by atoms with Crippen molar-refractivity contribution in [2.75, 3.05) is 12.4 Å². The minimum atomic E-state index is -0.389. The lowest BCUT2D eigenvalue weighted by Crippen LogP contribution is -2.28.